The molecule has 0 spiro atoms. The number of hydrogen-bond acceptors (Lipinski definition) is 4. The summed E-state index contributed by atoms with van der Waals surface area (Å²) in [6, 6.07) is 16.4. The molecule has 1 aromatic heterocycles. The number of fused-ring (bicyclic) bond motifs is 1. The maximum atomic E-state index is 12.3. The summed E-state index contributed by atoms with van der Waals surface area (Å²) in [6.45, 7) is 4.10. The summed E-state index contributed by atoms with van der Waals surface area (Å²) in [6.07, 6.45) is 8.59. The van der Waals surface area contributed by atoms with Crippen LogP contribution in [0.2, 0.25) is 0 Å². The number of carbonyl (C=O) groups is 1. The van der Waals surface area contributed by atoms with Crippen LogP contribution in [0.4, 0.5) is 0 Å². The van der Waals surface area contributed by atoms with Crippen molar-refractivity contribution in [2.24, 2.45) is 0 Å². The van der Waals surface area contributed by atoms with Gasteiger partial charge in [0.05, 0.1) is 11.6 Å². The second-order valence-corrected chi connectivity index (χ2v) is 10.1. The topological polar surface area (TPSA) is 59.4 Å². The van der Waals surface area contributed by atoms with Crippen LogP contribution in [0.15, 0.2) is 59.6 Å². The lowest BCUT2D eigenvalue weighted by molar-refractivity contribution is -0.140. The van der Waals surface area contributed by atoms with Gasteiger partial charge in [-0.25, -0.2) is 0 Å². The zero-order chi connectivity index (χ0) is 22.6. The van der Waals surface area contributed by atoms with E-state index in [4.69, 9.17) is 4.74 Å². The highest BCUT2D eigenvalue weighted by molar-refractivity contribution is 8.01. The molecule has 4 nitrogen and oxygen atoms in total. The van der Waals surface area contributed by atoms with Crippen LogP contribution in [0.3, 0.4) is 0 Å². The number of ether oxygens (including phenoxy) is 1. The zero-order valence-electron chi connectivity index (χ0n) is 18.8. The van der Waals surface area contributed by atoms with E-state index in [-0.39, 0.29) is 0 Å². The van der Waals surface area contributed by atoms with Gasteiger partial charge in [0.2, 0.25) is 0 Å². The summed E-state index contributed by atoms with van der Waals surface area (Å²) >= 11 is 1.48. The van der Waals surface area contributed by atoms with Crippen LogP contribution in [0.5, 0.6) is 5.75 Å². The van der Waals surface area contributed by atoms with Crippen molar-refractivity contribution in [2.75, 3.05) is 0 Å². The van der Waals surface area contributed by atoms with Crippen LogP contribution in [-0.2, 0) is 4.79 Å². The molecule has 1 N–H and O–H groups in total. The highest BCUT2D eigenvalue weighted by Crippen LogP contribution is 2.43. The highest BCUT2D eigenvalue weighted by atomic mass is 32.2. The van der Waals surface area contributed by atoms with Crippen LogP contribution in [-0.4, -0.2) is 26.9 Å². The van der Waals surface area contributed by atoms with Gasteiger partial charge in [-0.05, 0) is 73.6 Å². The van der Waals surface area contributed by atoms with Crippen molar-refractivity contribution in [1.29, 1.82) is 0 Å². The Morgan fingerprint density at radius 2 is 1.84 bits per heavy atom. The first-order chi connectivity index (χ1) is 15.5. The first kappa shape index (κ1) is 22.7. The molecule has 5 heteroatoms. The Morgan fingerprint density at radius 1 is 1.09 bits per heavy atom. The average molecular weight is 450 g/mol. The molecule has 1 fully saturated rings. The predicted octanol–water partition coefficient (Wildman–Crippen LogP) is 7.35. The van der Waals surface area contributed by atoms with Crippen molar-refractivity contribution in [3.05, 3.63) is 54.7 Å². The van der Waals surface area contributed by atoms with Crippen LogP contribution in [0.25, 0.3) is 22.0 Å². The third-order valence-corrected chi connectivity index (χ3v) is 7.78. The van der Waals surface area contributed by atoms with Crippen molar-refractivity contribution >= 4 is 28.6 Å². The first-order valence-electron chi connectivity index (χ1n) is 11.6. The number of thioether (sulfide) groups is 1. The minimum atomic E-state index is -0.815. The largest absolute Gasteiger partial charge is 0.490 e. The highest BCUT2D eigenvalue weighted by Gasteiger charge is 2.38. The van der Waals surface area contributed by atoms with E-state index >= 15 is 0 Å². The van der Waals surface area contributed by atoms with E-state index in [9.17, 15) is 9.90 Å². The van der Waals surface area contributed by atoms with Gasteiger partial charge in [-0.3, -0.25) is 9.78 Å². The van der Waals surface area contributed by atoms with Gasteiger partial charge >= 0.3 is 5.97 Å². The third-order valence-electron chi connectivity index (χ3n) is 6.23. The first-order valence-corrected chi connectivity index (χ1v) is 12.4. The Kier molecular flexibility index (Phi) is 7.04. The lowest BCUT2D eigenvalue weighted by Gasteiger charge is -2.28. The SMILES string of the molecule is CCCC(CCC)(Sc1ccnc2ccc(-c3cccc(OC4CCC4)c3)cc12)C(=O)O. The molecule has 0 radical (unpaired) electrons. The Bertz CT molecular complexity index is 1090. The molecule has 1 aliphatic carbocycles. The number of benzene rings is 2. The Balaban J connectivity index is 1.70. The molecule has 0 saturated heterocycles. The van der Waals surface area contributed by atoms with Gasteiger partial charge in [0.1, 0.15) is 10.5 Å². The van der Waals surface area contributed by atoms with E-state index < -0.39 is 10.7 Å². The fourth-order valence-electron chi connectivity index (χ4n) is 4.32. The van der Waals surface area contributed by atoms with Gasteiger partial charge in [0, 0.05) is 16.5 Å². The third kappa shape index (κ3) is 4.78. The number of hydrogen-bond donors (Lipinski definition) is 1. The Labute approximate surface area is 194 Å². The summed E-state index contributed by atoms with van der Waals surface area (Å²) in [5.41, 5.74) is 3.06. The molecular weight excluding hydrogens is 418 g/mol. The maximum absolute atomic E-state index is 12.3. The number of pyridine rings is 1. The molecule has 3 aromatic rings. The fourth-order valence-corrected chi connectivity index (χ4v) is 5.85. The summed E-state index contributed by atoms with van der Waals surface area (Å²) in [5, 5.41) is 11.1. The van der Waals surface area contributed by atoms with Gasteiger partial charge < -0.3 is 9.84 Å². The molecule has 0 unspecified atom stereocenters. The van der Waals surface area contributed by atoms with Crippen molar-refractivity contribution in [3.8, 4) is 16.9 Å². The molecule has 1 aliphatic rings. The summed E-state index contributed by atoms with van der Waals surface area (Å²) in [5.74, 6) is 0.178. The second kappa shape index (κ2) is 9.95. The molecule has 1 heterocycles. The Morgan fingerprint density at radius 3 is 2.50 bits per heavy atom. The van der Waals surface area contributed by atoms with Gasteiger partial charge in [-0.2, -0.15) is 0 Å². The average Bonchev–Trinajstić information content (AvgIpc) is 2.76. The fraction of sp³-hybridized carbons (Fsp3) is 0.407. The minimum absolute atomic E-state index is 0.343. The summed E-state index contributed by atoms with van der Waals surface area (Å²) in [4.78, 5) is 17.8. The molecule has 0 amide bonds. The van der Waals surface area contributed by atoms with Crippen molar-refractivity contribution in [3.63, 3.8) is 0 Å². The minimum Gasteiger partial charge on any atom is -0.490 e. The predicted molar refractivity (Wildman–Crippen MR) is 131 cm³/mol. The van der Waals surface area contributed by atoms with E-state index in [1.165, 1.54) is 18.2 Å². The quantitative estimate of drug-likeness (QED) is 0.328. The standard InChI is InChI=1S/C27H31NO3S/c1-3-14-27(15-4-2,26(29)30)32-25-13-16-28-24-12-11-20(18-23(24)25)19-7-5-10-22(17-19)31-21-8-6-9-21/h5,7,10-13,16-18,21H,3-4,6,8-9,14-15H2,1-2H3,(H,29,30). The van der Waals surface area contributed by atoms with Crippen LogP contribution >= 0.6 is 11.8 Å². The van der Waals surface area contributed by atoms with Gasteiger partial charge in [-0.15, -0.1) is 11.8 Å². The van der Waals surface area contributed by atoms with Crippen molar-refractivity contribution in [1.82, 2.24) is 4.98 Å². The van der Waals surface area contributed by atoms with E-state index in [2.05, 4.69) is 43.1 Å². The van der Waals surface area contributed by atoms with E-state index in [1.54, 1.807) is 6.20 Å². The Hall–Kier alpha value is -2.53. The number of aromatic nitrogens is 1. The molecule has 2 aromatic carbocycles. The smallest absolute Gasteiger partial charge is 0.320 e. The second-order valence-electron chi connectivity index (χ2n) is 8.64. The number of carboxylic acid groups (broad SMARTS) is 1. The van der Waals surface area contributed by atoms with Crippen LogP contribution < -0.4 is 4.74 Å². The van der Waals surface area contributed by atoms with Gasteiger partial charge in [0.25, 0.3) is 0 Å². The molecule has 0 atom stereocenters. The maximum Gasteiger partial charge on any atom is 0.320 e. The summed E-state index contributed by atoms with van der Waals surface area (Å²) in [7, 11) is 0. The molecule has 0 bridgehead atoms. The molecule has 168 valence electrons. The molecule has 1 saturated carbocycles. The molecule has 0 aliphatic heterocycles. The van der Waals surface area contributed by atoms with Crippen LogP contribution in [0, 0.1) is 0 Å². The monoisotopic (exact) mass is 449 g/mol. The van der Waals surface area contributed by atoms with E-state index in [1.807, 2.05) is 24.3 Å². The van der Waals surface area contributed by atoms with Crippen LogP contribution in [0.1, 0.15) is 58.8 Å². The van der Waals surface area contributed by atoms with Gasteiger partial charge in [-0.1, -0.05) is 44.9 Å². The number of aliphatic carboxylic acids is 1. The number of rotatable bonds is 10. The lowest BCUT2D eigenvalue weighted by Crippen LogP contribution is -2.34. The van der Waals surface area contributed by atoms with Gasteiger partial charge in [0.15, 0.2) is 0 Å². The normalized spacial score (nSPS) is 14.3. The number of carboxylic acids is 1. The molecule has 4 rings (SSSR count). The molecule has 32 heavy (non-hydrogen) atoms. The number of nitrogens with zero attached hydrogens (tertiary/aromatic N) is 1. The summed E-state index contributed by atoms with van der Waals surface area (Å²) < 4.78 is 5.27. The van der Waals surface area contributed by atoms with Crippen molar-refractivity contribution < 1.29 is 14.6 Å². The lowest BCUT2D eigenvalue weighted by atomic mass is 9.96. The van der Waals surface area contributed by atoms with Crippen molar-refractivity contribution in [2.45, 2.75) is 74.5 Å². The van der Waals surface area contributed by atoms with E-state index in [0.29, 0.717) is 18.9 Å². The molecular formula is C27H31NO3S. The zero-order valence-corrected chi connectivity index (χ0v) is 19.7. The van der Waals surface area contributed by atoms with E-state index in [0.717, 1.165) is 58.4 Å².